The molecule has 18 heavy (non-hydrogen) atoms. The van der Waals surface area contributed by atoms with Crippen LogP contribution in [-0.4, -0.2) is 11.2 Å². The number of aldehydes is 1. The van der Waals surface area contributed by atoms with Crippen molar-refractivity contribution in [1.29, 1.82) is 0 Å². The Morgan fingerprint density at radius 2 is 1.89 bits per heavy atom. The third-order valence-electron chi connectivity index (χ3n) is 2.53. The van der Waals surface area contributed by atoms with Crippen molar-refractivity contribution in [2.75, 3.05) is 0 Å². The Labute approximate surface area is 102 Å². The smallest absolute Gasteiger partial charge is 0.280 e. The molecule has 0 N–H and O–H groups in total. The summed E-state index contributed by atoms with van der Waals surface area (Å²) in [4.78, 5) is 21.2. The topological polar surface area (TPSA) is 60.2 Å². The number of rotatable bonds is 3. The lowest BCUT2D eigenvalue weighted by Gasteiger charge is -2.05. The van der Waals surface area contributed by atoms with Crippen LogP contribution in [0.4, 0.5) is 10.1 Å². The summed E-state index contributed by atoms with van der Waals surface area (Å²) in [5.74, 6) is -0.462. The molecule has 0 saturated carbocycles. The van der Waals surface area contributed by atoms with Crippen LogP contribution in [0.1, 0.15) is 10.4 Å². The molecule has 5 heteroatoms. The van der Waals surface area contributed by atoms with Gasteiger partial charge in [-0.3, -0.25) is 14.9 Å². The number of carbonyl (C=O) groups is 1. The lowest BCUT2D eigenvalue weighted by Crippen LogP contribution is -1.97. The van der Waals surface area contributed by atoms with Crippen LogP contribution in [0.3, 0.4) is 0 Å². The second kappa shape index (κ2) is 4.75. The van der Waals surface area contributed by atoms with Gasteiger partial charge in [0.05, 0.1) is 10.5 Å². The van der Waals surface area contributed by atoms with Crippen molar-refractivity contribution < 1.29 is 14.1 Å². The second-order valence-corrected chi connectivity index (χ2v) is 3.62. The Kier molecular flexibility index (Phi) is 3.14. The average molecular weight is 245 g/mol. The number of nitrogens with zero attached hydrogens (tertiary/aromatic N) is 1. The SMILES string of the molecule is O=Cc1c(-c2cccc(F)c2)cccc1[N+](=O)[O-]. The summed E-state index contributed by atoms with van der Waals surface area (Å²) in [5, 5.41) is 10.8. The van der Waals surface area contributed by atoms with E-state index in [1.54, 1.807) is 12.1 Å². The third-order valence-corrected chi connectivity index (χ3v) is 2.53. The first-order chi connectivity index (χ1) is 8.63. The van der Waals surface area contributed by atoms with E-state index in [1.165, 1.54) is 30.3 Å². The van der Waals surface area contributed by atoms with Gasteiger partial charge in [0.25, 0.3) is 5.69 Å². The molecule has 0 atom stereocenters. The Morgan fingerprint density at radius 3 is 2.50 bits per heavy atom. The molecule has 2 aromatic rings. The van der Waals surface area contributed by atoms with E-state index in [0.29, 0.717) is 17.4 Å². The summed E-state index contributed by atoms with van der Waals surface area (Å²) in [6.07, 6.45) is 0.415. The van der Waals surface area contributed by atoms with Crippen LogP contribution < -0.4 is 0 Å². The molecular formula is C13H8FNO3. The molecule has 0 aliphatic carbocycles. The molecular weight excluding hydrogens is 237 g/mol. The van der Waals surface area contributed by atoms with E-state index in [4.69, 9.17) is 0 Å². The first-order valence-electron chi connectivity index (χ1n) is 5.12. The highest BCUT2D eigenvalue weighted by molar-refractivity contribution is 5.92. The van der Waals surface area contributed by atoms with E-state index in [-0.39, 0.29) is 11.3 Å². The zero-order valence-electron chi connectivity index (χ0n) is 9.17. The van der Waals surface area contributed by atoms with Crippen LogP contribution in [0.25, 0.3) is 11.1 Å². The van der Waals surface area contributed by atoms with Crippen LogP contribution in [0, 0.1) is 15.9 Å². The molecule has 0 unspecified atom stereocenters. The van der Waals surface area contributed by atoms with Crippen molar-refractivity contribution >= 4 is 12.0 Å². The highest BCUT2D eigenvalue weighted by Gasteiger charge is 2.17. The van der Waals surface area contributed by atoms with Gasteiger partial charge in [-0.25, -0.2) is 4.39 Å². The van der Waals surface area contributed by atoms with Crippen molar-refractivity contribution in [3.05, 3.63) is 64.0 Å². The number of halogens is 1. The lowest BCUT2D eigenvalue weighted by atomic mass is 9.99. The lowest BCUT2D eigenvalue weighted by molar-refractivity contribution is -0.385. The molecule has 0 spiro atoms. The zero-order chi connectivity index (χ0) is 13.1. The van der Waals surface area contributed by atoms with Crippen LogP contribution in [-0.2, 0) is 0 Å². The average Bonchev–Trinajstić information content (AvgIpc) is 2.37. The van der Waals surface area contributed by atoms with Gasteiger partial charge in [-0.2, -0.15) is 0 Å². The van der Waals surface area contributed by atoms with Crippen molar-refractivity contribution in [2.45, 2.75) is 0 Å². The van der Waals surface area contributed by atoms with Gasteiger partial charge in [0.1, 0.15) is 5.82 Å². The van der Waals surface area contributed by atoms with Crippen molar-refractivity contribution in [3.8, 4) is 11.1 Å². The summed E-state index contributed by atoms with van der Waals surface area (Å²) >= 11 is 0. The minimum Gasteiger partial charge on any atom is -0.298 e. The first kappa shape index (κ1) is 11.9. The van der Waals surface area contributed by atoms with E-state index in [0.717, 1.165) is 0 Å². The van der Waals surface area contributed by atoms with Crippen LogP contribution >= 0.6 is 0 Å². The highest BCUT2D eigenvalue weighted by Crippen LogP contribution is 2.29. The summed E-state index contributed by atoms with van der Waals surface area (Å²) < 4.78 is 13.1. The van der Waals surface area contributed by atoms with Gasteiger partial charge in [0.2, 0.25) is 0 Å². The molecule has 90 valence electrons. The van der Waals surface area contributed by atoms with E-state index < -0.39 is 10.7 Å². The molecule has 2 aromatic carbocycles. The first-order valence-corrected chi connectivity index (χ1v) is 5.12. The molecule has 0 fully saturated rings. The van der Waals surface area contributed by atoms with Gasteiger partial charge in [0, 0.05) is 6.07 Å². The standard InChI is InChI=1S/C13H8FNO3/c14-10-4-1-3-9(7-10)11-5-2-6-13(15(17)18)12(11)8-16/h1-8H. The molecule has 0 bridgehead atoms. The van der Waals surface area contributed by atoms with Crippen molar-refractivity contribution in [3.63, 3.8) is 0 Å². The minimum atomic E-state index is -0.632. The summed E-state index contributed by atoms with van der Waals surface area (Å²) in [7, 11) is 0. The highest BCUT2D eigenvalue weighted by atomic mass is 19.1. The third kappa shape index (κ3) is 2.10. The number of carbonyl (C=O) groups excluding carboxylic acids is 1. The Balaban J connectivity index is 2.68. The minimum absolute atomic E-state index is 0.0481. The number of hydrogen-bond acceptors (Lipinski definition) is 3. The molecule has 0 amide bonds. The van der Waals surface area contributed by atoms with Gasteiger partial charge in [0.15, 0.2) is 6.29 Å². The molecule has 0 saturated heterocycles. The maximum Gasteiger partial charge on any atom is 0.280 e. The van der Waals surface area contributed by atoms with E-state index in [9.17, 15) is 19.3 Å². The van der Waals surface area contributed by atoms with E-state index in [2.05, 4.69) is 0 Å². The van der Waals surface area contributed by atoms with Gasteiger partial charge in [-0.05, 0) is 23.3 Å². The molecule has 0 aliphatic rings. The monoisotopic (exact) mass is 245 g/mol. The molecule has 0 aromatic heterocycles. The van der Waals surface area contributed by atoms with Gasteiger partial charge in [-0.15, -0.1) is 0 Å². The normalized spacial score (nSPS) is 10.1. The maximum atomic E-state index is 13.1. The van der Waals surface area contributed by atoms with Gasteiger partial charge < -0.3 is 0 Å². The molecule has 0 heterocycles. The Morgan fingerprint density at radius 1 is 1.17 bits per heavy atom. The quantitative estimate of drug-likeness (QED) is 0.474. The number of hydrogen-bond donors (Lipinski definition) is 0. The fourth-order valence-electron chi connectivity index (χ4n) is 1.74. The Hall–Kier alpha value is -2.56. The number of nitro benzene ring substituents is 1. The maximum absolute atomic E-state index is 13.1. The van der Waals surface area contributed by atoms with Crippen LogP contribution in [0.15, 0.2) is 42.5 Å². The summed E-state index contributed by atoms with van der Waals surface area (Å²) in [5.41, 5.74) is 0.444. The fourth-order valence-corrected chi connectivity index (χ4v) is 1.74. The van der Waals surface area contributed by atoms with Crippen molar-refractivity contribution in [2.24, 2.45) is 0 Å². The van der Waals surface area contributed by atoms with E-state index in [1.807, 2.05) is 0 Å². The van der Waals surface area contributed by atoms with E-state index >= 15 is 0 Å². The molecule has 4 nitrogen and oxygen atoms in total. The molecule has 2 rings (SSSR count). The predicted molar refractivity (Wildman–Crippen MR) is 63.9 cm³/mol. The van der Waals surface area contributed by atoms with Gasteiger partial charge >= 0.3 is 0 Å². The molecule has 0 radical (unpaired) electrons. The second-order valence-electron chi connectivity index (χ2n) is 3.62. The number of nitro groups is 1. The zero-order valence-corrected chi connectivity index (χ0v) is 9.17. The largest absolute Gasteiger partial charge is 0.298 e. The predicted octanol–water partition coefficient (Wildman–Crippen LogP) is 3.21. The van der Waals surface area contributed by atoms with Crippen LogP contribution in [0.2, 0.25) is 0 Å². The Bertz CT molecular complexity index is 625. The number of benzene rings is 2. The summed E-state index contributed by atoms with van der Waals surface area (Å²) in [6.45, 7) is 0. The van der Waals surface area contributed by atoms with Crippen LogP contribution in [0.5, 0.6) is 0 Å². The van der Waals surface area contributed by atoms with Crippen molar-refractivity contribution in [1.82, 2.24) is 0 Å². The molecule has 0 aliphatic heterocycles. The summed E-state index contributed by atoms with van der Waals surface area (Å²) in [6, 6.07) is 9.82. The van der Waals surface area contributed by atoms with Gasteiger partial charge in [-0.1, -0.05) is 24.3 Å². The fraction of sp³-hybridized carbons (Fsp3) is 0.